The average molecular weight is 242 g/mol. The lowest BCUT2D eigenvalue weighted by molar-refractivity contribution is -0.132. The van der Waals surface area contributed by atoms with E-state index in [1.54, 1.807) is 7.11 Å². The van der Waals surface area contributed by atoms with Crippen LogP contribution in [0.25, 0.3) is 0 Å². The highest BCUT2D eigenvalue weighted by Gasteiger charge is 2.41. The molecule has 3 unspecified atom stereocenters. The molecule has 4 heteroatoms. The lowest BCUT2D eigenvalue weighted by atomic mass is 10.0. The standard InChI is InChI=1S/C13H26N2O2/c1-8(2)11-13(16)15(7-10(5)17-6)12(14-11)9(3)4/h8-12,14H,7H2,1-6H3. The summed E-state index contributed by atoms with van der Waals surface area (Å²) in [5.74, 6) is 0.945. The van der Waals surface area contributed by atoms with E-state index in [0.717, 1.165) is 0 Å². The Bertz CT molecular complexity index is 266. The molecule has 17 heavy (non-hydrogen) atoms. The molecule has 0 radical (unpaired) electrons. The summed E-state index contributed by atoms with van der Waals surface area (Å²) in [6, 6.07) is -0.0496. The summed E-state index contributed by atoms with van der Waals surface area (Å²) in [7, 11) is 1.68. The van der Waals surface area contributed by atoms with Gasteiger partial charge in [-0.15, -0.1) is 0 Å². The summed E-state index contributed by atoms with van der Waals surface area (Å²) in [5.41, 5.74) is 0. The third kappa shape index (κ3) is 3.19. The topological polar surface area (TPSA) is 41.6 Å². The van der Waals surface area contributed by atoms with Crippen LogP contribution in [0.3, 0.4) is 0 Å². The van der Waals surface area contributed by atoms with E-state index in [9.17, 15) is 4.79 Å². The van der Waals surface area contributed by atoms with Crippen LogP contribution < -0.4 is 5.32 Å². The molecule has 1 heterocycles. The number of nitrogens with one attached hydrogen (secondary N) is 1. The molecule has 0 aliphatic carbocycles. The van der Waals surface area contributed by atoms with Gasteiger partial charge < -0.3 is 9.64 Å². The Labute approximate surface area is 105 Å². The molecule has 0 bridgehead atoms. The van der Waals surface area contributed by atoms with E-state index in [4.69, 9.17) is 4.74 Å². The van der Waals surface area contributed by atoms with Crippen LogP contribution in [0.2, 0.25) is 0 Å². The van der Waals surface area contributed by atoms with Gasteiger partial charge in [0.05, 0.1) is 18.3 Å². The fourth-order valence-corrected chi connectivity index (χ4v) is 2.25. The Morgan fingerprint density at radius 3 is 2.24 bits per heavy atom. The Kier molecular flexibility index (Phi) is 4.95. The lowest BCUT2D eigenvalue weighted by Crippen LogP contribution is -2.44. The Hall–Kier alpha value is -0.610. The lowest BCUT2D eigenvalue weighted by Gasteiger charge is -2.29. The monoisotopic (exact) mass is 242 g/mol. The van der Waals surface area contributed by atoms with Gasteiger partial charge in [0.25, 0.3) is 0 Å². The molecule has 0 saturated carbocycles. The maximum Gasteiger partial charge on any atom is 0.241 e. The van der Waals surface area contributed by atoms with Gasteiger partial charge >= 0.3 is 0 Å². The number of methoxy groups -OCH3 is 1. The molecule has 0 aromatic heterocycles. The molecule has 0 aromatic rings. The zero-order valence-corrected chi connectivity index (χ0v) is 11.9. The quantitative estimate of drug-likeness (QED) is 0.793. The number of carbonyl (C=O) groups excluding carboxylic acids is 1. The van der Waals surface area contributed by atoms with Crippen molar-refractivity contribution in [1.29, 1.82) is 0 Å². The molecule has 100 valence electrons. The molecule has 1 aliphatic rings. The van der Waals surface area contributed by atoms with E-state index in [0.29, 0.717) is 18.4 Å². The molecular weight excluding hydrogens is 216 g/mol. The van der Waals surface area contributed by atoms with Crippen molar-refractivity contribution in [3.05, 3.63) is 0 Å². The van der Waals surface area contributed by atoms with Gasteiger partial charge in [0, 0.05) is 13.7 Å². The molecule has 0 spiro atoms. The minimum Gasteiger partial charge on any atom is -0.380 e. The first-order chi connectivity index (χ1) is 7.88. The summed E-state index contributed by atoms with van der Waals surface area (Å²) in [5, 5.41) is 3.44. The van der Waals surface area contributed by atoms with E-state index >= 15 is 0 Å². The maximum absolute atomic E-state index is 12.3. The van der Waals surface area contributed by atoms with E-state index in [1.807, 2.05) is 11.8 Å². The maximum atomic E-state index is 12.3. The third-order valence-corrected chi connectivity index (χ3v) is 3.39. The SMILES string of the molecule is COC(C)CN1C(=O)C(C(C)C)NC1C(C)C. The number of hydrogen-bond acceptors (Lipinski definition) is 3. The summed E-state index contributed by atoms with van der Waals surface area (Å²) >= 11 is 0. The largest absolute Gasteiger partial charge is 0.380 e. The van der Waals surface area contributed by atoms with E-state index in [1.165, 1.54) is 0 Å². The first kappa shape index (κ1) is 14.5. The van der Waals surface area contributed by atoms with Crippen molar-refractivity contribution in [1.82, 2.24) is 10.2 Å². The van der Waals surface area contributed by atoms with Crippen LogP contribution in [0.4, 0.5) is 0 Å². The van der Waals surface area contributed by atoms with E-state index < -0.39 is 0 Å². The molecule has 1 amide bonds. The van der Waals surface area contributed by atoms with Crippen molar-refractivity contribution in [2.24, 2.45) is 11.8 Å². The molecule has 1 rings (SSSR count). The van der Waals surface area contributed by atoms with Crippen molar-refractivity contribution in [2.45, 2.75) is 52.9 Å². The van der Waals surface area contributed by atoms with Gasteiger partial charge in [-0.25, -0.2) is 0 Å². The fourth-order valence-electron chi connectivity index (χ4n) is 2.25. The smallest absolute Gasteiger partial charge is 0.241 e. The van der Waals surface area contributed by atoms with Gasteiger partial charge in [0.1, 0.15) is 0 Å². The van der Waals surface area contributed by atoms with Crippen molar-refractivity contribution >= 4 is 5.91 Å². The Morgan fingerprint density at radius 2 is 1.82 bits per heavy atom. The van der Waals surface area contributed by atoms with Crippen molar-refractivity contribution in [3.8, 4) is 0 Å². The van der Waals surface area contributed by atoms with Crippen LogP contribution in [-0.4, -0.2) is 42.8 Å². The summed E-state index contributed by atoms with van der Waals surface area (Å²) in [6.07, 6.45) is 0.209. The van der Waals surface area contributed by atoms with E-state index in [2.05, 4.69) is 33.0 Å². The molecule has 1 N–H and O–H groups in total. The van der Waals surface area contributed by atoms with Crippen LogP contribution in [0.1, 0.15) is 34.6 Å². The van der Waals surface area contributed by atoms with E-state index in [-0.39, 0.29) is 24.2 Å². The van der Waals surface area contributed by atoms with Crippen LogP contribution in [0.15, 0.2) is 0 Å². The Morgan fingerprint density at radius 1 is 1.24 bits per heavy atom. The van der Waals surface area contributed by atoms with Gasteiger partial charge in [-0.1, -0.05) is 27.7 Å². The van der Waals surface area contributed by atoms with Crippen molar-refractivity contribution < 1.29 is 9.53 Å². The number of nitrogens with zero attached hydrogens (tertiary/aromatic N) is 1. The molecule has 0 aromatic carbocycles. The first-order valence-electron chi connectivity index (χ1n) is 6.47. The number of amides is 1. The molecule has 1 aliphatic heterocycles. The highest BCUT2D eigenvalue weighted by Crippen LogP contribution is 2.22. The average Bonchev–Trinajstić information content (AvgIpc) is 2.56. The second-order valence-electron chi connectivity index (χ2n) is 5.61. The predicted molar refractivity (Wildman–Crippen MR) is 68.6 cm³/mol. The van der Waals surface area contributed by atoms with Gasteiger partial charge in [0.2, 0.25) is 5.91 Å². The number of carbonyl (C=O) groups is 1. The minimum atomic E-state index is -0.0496. The summed E-state index contributed by atoms with van der Waals surface area (Å²) in [6.45, 7) is 11.1. The summed E-state index contributed by atoms with van der Waals surface area (Å²) in [4.78, 5) is 14.3. The number of rotatable bonds is 5. The van der Waals surface area contributed by atoms with Crippen LogP contribution in [0.5, 0.6) is 0 Å². The zero-order valence-electron chi connectivity index (χ0n) is 11.9. The van der Waals surface area contributed by atoms with Gasteiger partial charge in [-0.05, 0) is 18.8 Å². The zero-order chi connectivity index (χ0) is 13.2. The van der Waals surface area contributed by atoms with Crippen LogP contribution in [0, 0.1) is 11.8 Å². The second kappa shape index (κ2) is 5.83. The van der Waals surface area contributed by atoms with Gasteiger partial charge in [-0.2, -0.15) is 0 Å². The highest BCUT2D eigenvalue weighted by molar-refractivity contribution is 5.84. The molecule has 4 nitrogen and oxygen atoms in total. The van der Waals surface area contributed by atoms with Gasteiger partial charge in [-0.3, -0.25) is 10.1 Å². The molecule has 3 atom stereocenters. The first-order valence-corrected chi connectivity index (χ1v) is 6.47. The van der Waals surface area contributed by atoms with Crippen LogP contribution in [-0.2, 0) is 9.53 Å². The predicted octanol–water partition coefficient (Wildman–Crippen LogP) is 1.46. The van der Waals surface area contributed by atoms with Crippen molar-refractivity contribution in [2.75, 3.05) is 13.7 Å². The molecule has 1 fully saturated rings. The van der Waals surface area contributed by atoms with Crippen molar-refractivity contribution in [3.63, 3.8) is 0 Å². The number of ether oxygens (including phenoxy) is 1. The Balaban J connectivity index is 2.79. The third-order valence-electron chi connectivity index (χ3n) is 3.39. The van der Waals surface area contributed by atoms with Crippen LogP contribution >= 0.6 is 0 Å². The highest BCUT2D eigenvalue weighted by atomic mass is 16.5. The molecular formula is C13H26N2O2. The normalized spacial score (nSPS) is 27.3. The number of hydrogen-bond donors (Lipinski definition) is 1. The van der Waals surface area contributed by atoms with Gasteiger partial charge in [0.15, 0.2) is 0 Å². The fraction of sp³-hybridized carbons (Fsp3) is 0.923. The summed E-state index contributed by atoms with van der Waals surface area (Å²) < 4.78 is 5.26. The second-order valence-corrected chi connectivity index (χ2v) is 5.61. The molecule has 1 saturated heterocycles. The minimum absolute atomic E-state index is 0.0496.